The molecule has 0 aliphatic rings. The van der Waals surface area contributed by atoms with Crippen molar-refractivity contribution >= 4 is 46.7 Å². The lowest BCUT2D eigenvalue weighted by molar-refractivity contribution is -0.113. The second-order valence-corrected chi connectivity index (χ2v) is 7.58. The Morgan fingerprint density at radius 2 is 1.88 bits per heavy atom. The average molecular weight is 405 g/mol. The number of nitrogens with one attached hydrogen (secondary N) is 1. The Labute approximate surface area is 165 Å². The lowest BCUT2D eigenvalue weighted by atomic mass is 10.2. The third-order valence-corrected chi connectivity index (χ3v) is 5.81. The van der Waals surface area contributed by atoms with E-state index in [0.717, 1.165) is 16.1 Å². The van der Waals surface area contributed by atoms with Crippen molar-refractivity contribution in [2.75, 3.05) is 17.3 Å². The van der Waals surface area contributed by atoms with Crippen LogP contribution in [0.3, 0.4) is 0 Å². The van der Waals surface area contributed by atoms with E-state index in [-0.39, 0.29) is 11.7 Å². The molecule has 0 radical (unpaired) electrons. The van der Waals surface area contributed by atoms with Gasteiger partial charge in [-0.2, -0.15) is 0 Å². The van der Waals surface area contributed by atoms with Crippen molar-refractivity contribution < 1.29 is 4.79 Å². The zero-order chi connectivity index (χ0) is 18.5. The minimum atomic E-state index is -0.0845. The number of amides is 1. The highest BCUT2D eigenvalue weighted by atomic mass is 35.5. The van der Waals surface area contributed by atoms with Crippen molar-refractivity contribution in [3.8, 4) is 11.4 Å². The molecule has 26 heavy (non-hydrogen) atoms. The first-order valence-electron chi connectivity index (χ1n) is 7.80. The summed E-state index contributed by atoms with van der Waals surface area (Å²) < 4.78 is 1.84. The van der Waals surface area contributed by atoms with Gasteiger partial charge in [0.1, 0.15) is 0 Å². The smallest absolute Gasteiger partial charge is 0.234 e. The Morgan fingerprint density at radius 3 is 2.65 bits per heavy atom. The number of para-hydroxylation sites is 1. The summed E-state index contributed by atoms with van der Waals surface area (Å²) in [6.45, 7) is 0. The molecule has 0 bridgehead atoms. The Kier molecular flexibility index (Phi) is 6.24. The summed E-state index contributed by atoms with van der Waals surface area (Å²) in [5.41, 5.74) is 1.63. The second-order valence-electron chi connectivity index (χ2n) is 5.38. The fourth-order valence-corrected chi connectivity index (χ4v) is 3.87. The Hall–Kier alpha value is -1.96. The molecule has 2 aromatic carbocycles. The molecule has 3 rings (SSSR count). The number of carbonyl (C=O) groups is 1. The van der Waals surface area contributed by atoms with Crippen LogP contribution in [0.2, 0.25) is 5.02 Å². The van der Waals surface area contributed by atoms with Gasteiger partial charge < -0.3 is 9.88 Å². The van der Waals surface area contributed by atoms with Gasteiger partial charge >= 0.3 is 0 Å². The predicted octanol–water partition coefficient (Wildman–Crippen LogP) is 4.59. The number of anilines is 1. The molecule has 5 nitrogen and oxygen atoms in total. The fourth-order valence-electron chi connectivity index (χ4n) is 2.38. The molecule has 0 spiro atoms. The SMILES string of the molecule is CSc1ccccc1NC(=O)CSc1nnc(-c2ccccc2Cl)n1C. The van der Waals surface area contributed by atoms with E-state index >= 15 is 0 Å². The maximum atomic E-state index is 12.3. The lowest BCUT2D eigenvalue weighted by Crippen LogP contribution is -2.15. The molecular weight excluding hydrogens is 388 g/mol. The standard InChI is InChI=1S/C18H17ClN4OS2/c1-23-17(12-7-3-4-8-13(12)19)21-22-18(23)26-11-16(24)20-14-9-5-6-10-15(14)25-2/h3-10H,11H2,1-2H3,(H,20,24). The van der Waals surface area contributed by atoms with Crippen LogP contribution in [0, 0.1) is 0 Å². The van der Waals surface area contributed by atoms with Crippen LogP contribution in [0.1, 0.15) is 0 Å². The minimum absolute atomic E-state index is 0.0845. The van der Waals surface area contributed by atoms with Crippen LogP contribution < -0.4 is 5.32 Å². The Balaban J connectivity index is 1.67. The molecule has 1 N–H and O–H groups in total. The van der Waals surface area contributed by atoms with Gasteiger partial charge in [-0.05, 0) is 30.5 Å². The molecule has 1 aromatic heterocycles. The molecule has 0 saturated heterocycles. The van der Waals surface area contributed by atoms with Crippen molar-refractivity contribution in [3.05, 3.63) is 53.6 Å². The Bertz CT molecular complexity index is 929. The van der Waals surface area contributed by atoms with E-state index in [4.69, 9.17) is 11.6 Å². The van der Waals surface area contributed by atoms with Gasteiger partial charge in [-0.3, -0.25) is 4.79 Å². The molecule has 134 valence electrons. The molecule has 0 aliphatic carbocycles. The first-order valence-corrected chi connectivity index (χ1v) is 10.4. The topological polar surface area (TPSA) is 59.8 Å². The highest BCUT2D eigenvalue weighted by molar-refractivity contribution is 7.99. The van der Waals surface area contributed by atoms with Gasteiger partial charge in [0.2, 0.25) is 5.91 Å². The largest absolute Gasteiger partial charge is 0.324 e. The number of aromatic nitrogens is 3. The van der Waals surface area contributed by atoms with Crippen LogP contribution in [0.15, 0.2) is 58.6 Å². The summed E-state index contributed by atoms with van der Waals surface area (Å²) in [6.07, 6.45) is 1.98. The third-order valence-electron chi connectivity index (χ3n) is 3.66. The number of nitrogens with zero attached hydrogens (tertiary/aromatic N) is 3. The van der Waals surface area contributed by atoms with Crippen molar-refractivity contribution in [1.29, 1.82) is 0 Å². The number of thioether (sulfide) groups is 2. The van der Waals surface area contributed by atoms with Gasteiger partial charge in [0.05, 0.1) is 16.5 Å². The van der Waals surface area contributed by atoms with E-state index in [1.807, 2.05) is 66.4 Å². The predicted molar refractivity (Wildman–Crippen MR) is 109 cm³/mol. The average Bonchev–Trinajstić information content (AvgIpc) is 3.01. The summed E-state index contributed by atoms with van der Waals surface area (Å²) in [5, 5.41) is 12.6. The van der Waals surface area contributed by atoms with Gasteiger partial charge in [0.25, 0.3) is 0 Å². The van der Waals surface area contributed by atoms with Crippen LogP contribution in [0.4, 0.5) is 5.69 Å². The zero-order valence-electron chi connectivity index (χ0n) is 14.3. The molecule has 1 heterocycles. The number of hydrogen-bond donors (Lipinski definition) is 1. The van der Waals surface area contributed by atoms with E-state index in [2.05, 4.69) is 15.5 Å². The molecule has 1 amide bonds. The number of benzene rings is 2. The highest BCUT2D eigenvalue weighted by Crippen LogP contribution is 2.29. The van der Waals surface area contributed by atoms with Gasteiger partial charge in [0.15, 0.2) is 11.0 Å². The summed E-state index contributed by atoms with van der Waals surface area (Å²) in [5.74, 6) is 0.835. The minimum Gasteiger partial charge on any atom is -0.324 e. The number of hydrogen-bond acceptors (Lipinski definition) is 5. The number of carbonyl (C=O) groups excluding carboxylic acids is 1. The van der Waals surface area contributed by atoms with Gasteiger partial charge in [0, 0.05) is 17.5 Å². The van der Waals surface area contributed by atoms with Crippen LogP contribution in [0.25, 0.3) is 11.4 Å². The molecule has 0 fully saturated rings. The normalized spacial score (nSPS) is 10.7. The summed E-state index contributed by atoms with van der Waals surface area (Å²) in [4.78, 5) is 13.3. The molecule has 0 saturated carbocycles. The lowest BCUT2D eigenvalue weighted by Gasteiger charge is -2.09. The highest BCUT2D eigenvalue weighted by Gasteiger charge is 2.15. The van der Waals surface area contributed by atoms with Gasteiger partial charge in [-0.25, -0.2) is 0 Å². The molecule has 0 atom stereocenters. The third kappa shape index (κ3) is 4.23. The van der Waals surface area contributed by atoms with Crippen molar-refractivity contribution in [2.45, 2.75) is 10.1 Å². The monoisotopic (exact) mass is 404 g/mol. The summed E-state index contributed by atoms with van der Waals surface area (Å²) in [6, 6.07) is 15.2. The van der Waals surface area contributed by atoms with Crippen LogP contribution in [-0.2, 0) is 11.8 Å². The van der Waals surface area contributed by atoms with Crippen LogP contribution in [-0.4, -0.2) is 32.7 Å². The van der Waals surface area contributed by atoms with Crippen molar-refractivity contribution in [3.63, 3.8) is 0 Å². The second kappa shape index (κ2) is 8.62. The maximum Gasteiger partial charge on any atom is 0.234 e. The fraction of sp³-hybridized carbons (Fsp3) is 0.167. The summed E-state index contributed by atoms with van der Waals surface area (Å²) >= 11 is 9.17. The molecular formula is C18H17ClN4OS2. The van der Waals surface area contributed by atoms with Crippen molar-refractivity contribution in [2.24, 2.45) is 7.05 Å². The van der Waals surface area contributed by atoms with Crippen LogP contribution >= 0.6 is 35.1 Å². The van der Waals surface area contributed by atoms with Crippen molar-refractivity contribution in [1.82, 2.24) is 14.8 Å². The zero-order valence-corrected chi connectivity index (χ0v) is 16.7. The first-order chi connectivity index (χ1) is 12.6. The van der Waals surface area contributed by atoms with E-state index in [9.17, 15) is 4.79 Å². The maximum absolute atomic E-state index is 12.3. The van der Waals surface area contributed by atoms with Gasteiger partial charge in [-0.15, -0.1) is 22.0 Å². The number of halogens is 1. The van der Waals surface area contributed by atoms with E-state index in [1.54, 1.807) is 11.8 Å². The van der Waals surface area contributed by atoms with E-state index < -0.39 is 0 Å². The summed E-state index contributed by atoms with van der Waals surface area (Å²) in [7, 11) is 1.86. The van der Waals surface area contributed by atoms with Crippen LogP contribution in [0.5, 0.6) is 0 Å². The molecule has 3 aromatic rings. The van der Waals surface area contributed by atoms with Gasteiger partial charge in [-0.1, -0.05) is 47.6 Å². The van der Waals surface area contributed by atoms with E-state index in [0.29, 0.717) is 16.0 Å². The quantitative estimate of drug-likeness (QED) is 0.609. The Morgan fingerprint density at radius 1 is 1.15 bits per heavy atom. The molecule has 8 heteroatoms. The first kappa shape index (κ1) is 18.8. The van der Waals surface area contributed by atoms with E-state index in [1.165, 1.54) is 11.8 Å². The molecule has 0 unspecified atom stereocenters. The number of rotatable bonds is 6. The molecule has 0 aliphatic heterocycles.